The van der Waals surface area contributed by atoms with E-state index in [1.807, 2.05) is 29.2 Å². The highest BCUT2D eigenvalue weighted by molar-refractivity contribution is 7.89. The van der Waals surface area contributed by atoms with Crippen LogP contribution in [-0.4, -0.2) is 27.1 Å². The highest BCUT2D eigenvalue weighted by Gasteiger charge is 2.43. The molecule has 0 unspecified atom stereocenters. The molecule has 34 heavy (non-hydrogen) atoms. The Hall–Kier alpha value is -3.23. The highest BCUT2D eigenvalue weighted by atomic mass is 32.2. The van der Waals surface area contributed by atoms with Gasteiger partial charge in [-0.3, -0.25) is 9.59 Å². The SMILES string of the molecule is COc1ccc(C2C3=C(CCCC3=O)N(c3ccc(S(N)(=O)=O)cc3)C3=C2C(=O)CCC3)cc1. The Kier molecular flexibility index (Phi) is 5.65. The average Bonchev–Trinajstić information content (AvgIpc) is 2.83. The van der Waals surface area contributed by atoms with Crippen molar-refractivity contribution in [1.29, 1.82) is 0 Å². The van der Waals surface area contributed by atoms with Crippen molar-refractivity contribution in [1.82, 2.24) is 0 Å². The van der Waals surface area contributed by atoms with E-state index in [9.17, 15) is 18.0 Å². The van der Waals surface area contributed by atoms with E-state index in [1.165, 1.54) is 12.1 Å². The molecule has 2 aliphatic carbocycles. The summed E-state index contributed by atoms with van der Waals surface area (Å²) in [6.07, 6.45) is 3.76. The summed E-state index contributed by atoms with van der Waals surface area (Å²) in [5, 5.41) is 5.28. The van der Waals surface area contributed by atoms with Crippen LogP contribution in [0.25, 0.3) is 0 Å². The second kappa shape index (κ2) is 8.52. The van der Waals surface area contributed by atoms with Gasteiger partial charge in [0, 0.05) is 47.0 Å². The van der Waals surface area contributed by atoms with E-state index < -0.39 is 15.9 Å². The Labute approximate surface area is 198 Å². The van der Waals surface area contributed by atoms with Crippen molar-refractivity contribution in [2.24, 2.45) is 5.14 Å². The van der Waals surface area contributed by atoms with Crippen LogP contribution in [0, 0.1) is 0 Å². The van der Waals surface area contributed by atoms with Crippen molar-refractivity contribution in [2.45, 2.75) is 49.3 Å². The fourth-order valence-electron chi connectivity index (χ4n) is 5.35. The first-order valence-corrected chi connectivity index (χ1v) is 12.9. The summed E-state index contributed by atoms with van der Waals surface area (Å²) in [7, 11) is -2.22. The molecule has 2 N–H and O–H groups in total. The number of hydrogen-bond donors (Lipinski definition) is 1. The third-order valence-electron chi connectivity index (χ3n) is 6.85. The second-order valence-corrected chi connectivity index (χ2v) is 10.4. The molecule has 3 aliphatic rings. The molecule has 0 radical (unpaired) electrons. The predicted molar refractivity (Wildman–Crippen MR) is 128 cm³/mol. The largest absolute Gasteiger partial charge is 0.497 e. The van der Waals surface area contributed by atoms with Crippen molar-refractivity contribution in [3.05, 3.63) is 76.6 Å². The number of rotatable bonds is 4. The number of primary sulfonamides is 1. The summed E-state index contributed by atoms with van der Waals surface area (Å²) in [6, 6.07) is 13.9. The molecule has 7 nitrogen and oxygen atoms in total. The normalized spacial score (nSPS) is 19.3. The van der Waals surface area contributed by atoms with Crippen molar-refractivity contribution in [3.8, 4) is 5.75 Å². The fraction of sp³-hybridized carbons (Fsp3) is 0.308. The van der Waals surface area contributed by atoms with Crippen LogP contribution < -0.4 is 14.8 Å². The molecular formula is C26H26N2O5S. The van der Waals surface area contributed by atoms with Crippen molar-refractivity contribution in [2.75, 3.05) is 12.0 Å². The second-order valence-electron chi connectivity index (χ2n) is 8.85. The van der Waals surface area contributed by atoms with Gasteiger partial charge in [-0.2, -0.15) is 0 Å². The number of nitrogens with two attached hydrogens (primary N) is 1. The van der Waals surface area contributed by atoms with Crippen molar-refractivity contribution < 1.29 is 22.7 Å². The zero-order chi connectivity index (χ0) is 24.0. The van der Waals surface area contributed by atoms with Crippen LogP contribution in [-0.2, 0) is 19.6 Å². The maximum Gasteiger partial charge on any atom is 0.238 e. The summed E-state index contributed by atoms with van der Waals surface area (Å²) >= 11 is 0. The van der Waals surface area contributed by atoms with Crippen LogP contribution in [0.4, 0.5) is 5.69 Å². The lowest BCUT2D eigenvalue weighted by molar-refractivity contribution is -0.116. The number of Topliss-reactive ketones (excluding diaryl/α,β-unsaturated/α-hetero) is 2. The van der Waals surface area contributed by atoms with Crippen molar-refractivity contribution >= 4 is 27.3 Å². The molecule has 1 aliphatic heterocycles. The minimum atomic E-state index is -3.83. The number of ketones is 2. The Morgan fingerprint density at radius 2 is 1.35 bits per heavy atom. The molecule has 0 spiro atoms. The molecule has 0 atom stereocenters. The number of hydrogen-bond acceptors (Lipinski definition) is 6. The summed E-state index contributed by atoms with van der Waals surface area (Å²) < 4.78 is 28.8. The molecule has 2 aromatic carbocycles. The number of carbonyl (C=O) groups is 2. The van der Waals surface area contributed by atoms with Gasteiger partial charge in [-0.15, -0.1) is 0 Å². The number of nitrogens with zero attached hydrogens (tertiary/aromatic N) is 1. The Balaban J connectivity index is 1.72. The van der Waals surface area contributed by atoms with Gasteiger partial charge < -0.3 is 9.64 Å². The van der Waals surface area contributed by atoms with Gasteiger partial charge in [0.25, 0.3) is 0 Å². The lowest BCUT2D eigenvalue weighted by Gasteiger charge is -2.44. The van der Waals surface area contributed by atoms with Crippen LogP contribution >= 0.6 is 0 Å². The Morgan fingerprint density at radius 1 is 0.824 bits per heavy atom. The zero-order valence-electron chi connectivity index (χ0n) is 18.9. The molecule has 5 rings (SSSR count). The molecule has 2 aromatic rings. The van der Waals surface area contributed by atoms with Gasteiger partial charge in [0.2, 0.25) is 10.0 Å². The van der Waals surface area contributed by atoms with E-state index in [4.69, 9.17) is 9.88 Å². The standard InChI is InChI=1S/C26H26N2O5S/c1-33-18-12-8-16(9-13-18)24-25-20(4-2-6-22(25)29)28(21-5-3-7-23(30)26(21)24)17-10-14-19(15-11-17)34(27,31)32/h8-15,24H,2-7H2,1H3,(H2,27,31,32). The van der Waals surface area contributed by atoms with E-state index in [1.54, 1.807) is 19.2 Å². The van der Waals surface area contributed by atoms with E-state index in [0.717, 1.165) is 35.5 Å². The van der Waals surface area contributed by atoms with Crippen LogP contribution in [0.15, 0.2) is 76.0 Å². The quantitative estimate of drug-likeness (QED) is 0.713. The molecule has 1 heterocycles. The summed E-state index contributed by atoms with van der Waals surface area (Å²) in [6.45, 7) is 0. The first-order chi connectivity index (χ1) is 16.3. The smallest absolute Gasteiger partial charge is 0.238 e. The van der Waals surface area contributed by atoms with Gasteiger partial charge in [0.1, 0.15) is 5.75 Å². The van der Waals surface area contributed by atoms with Gasteiger partial charge >= 0.3 is 0 Å². The molecule has 0 fully saturated rings. The number of sulfonamides is 1. The third kappa shape index (κ3) is 3.76. The maximum atomic E-state index is 13.3. The van der Waals surface area contributed by atoms with Crippen LogP contribution in [0.2, 0.25) is 0 Å². The zero-order valence-corrected chi connectivity index (χ0v) is 19.7. The minimum Gasteiger partial charge on any atom is -0.497 e. The van der Waals surface area contributed by atoms with E-state index in [-0.39, 0.29) is 16.5 Å². The molecule has 0 saturated heterocycles. The number of ether oxygens (including phenoxy) is 1. The molecule has 8 heteroatoms. The molecular weight excluding hydrogens is 452 g/mol. The van der Waals surface area contributed by atoms with Crippen LogP contribution in [0.3, 0.4) is 0 Å². The average molecular weight is 479 g/mol. The van der Waals surface area contributed by atoms with E-state index in [0.29, 0.717) is 42.6 Å². The monoisotopic (exact) mass is 478 g/mol. The fourth-order valence-corrected chi connectivity index (χ4v) is 5.86. The molecule has 0 saturated carbocycles. The van der Waals surface area contributed by atoms with Gasteiger partial charge in [-0.05, 0) is 67.6 Å². The summed E-state index contributed by atoms with van der Waals surface area (Å²) in [5.74, 6) is 0.414. The molecule has 0 amide bonds. The van der Waals surface area contributed by atoms with Gasteiger partial charge in [0.15, 0.2) is 11.6 Å². The van der Waals surface area contributed by atoms with Gasteiger partial charge in [-0.25, -0.2) is 13.6 Å². The van der Waals surface area contributed by atoms with E-state index in [2.05, 4.69) is 0 Å². The predicted octanol–water partition coefficient (Wildman–Crippen LogP) is 3.96. The van der Waals surface area contributed by atoms with Crippen LogP contribution in [0.5, 0.6) is 5.75 Å². The summed E-state index contributed by atoms with van der Waals surface area (Å²) in [5.41, 5.74) is 4.75. The first-order valence-electron chi connectivity index (χ1n) is 11.4. The summed E-state index contributed by atoms with van der Waals surface area (Å²) in [4.78, 5) is 28.7. The Morgan fingerprint density at radius 3 is 1.82 bits per heavy atom. The lowest BCUT2D eigenvalue weighted by atomic mass is 9.71. The van der Waals surface area contributed by atoms with Crippen molar-refractivity contribution in [3.63, 3.8) is 0 Å². The number of carbonyl (C=O) groups excluding carboxylic acids is 2. The third-order valence-corrected chi connectivity index (χ3v) is 7.78. The molecule has 0 aromatic heterocycles. The maximum absolute atomic E-state index is 13.3. The van der Waals surface area contributed by atoms with Crippen LogP contribution in [0.1, 0.15) is 50.0 Å². The number of allylic oxidation sites excluding steroid dienone is 4. The first kappa shape index (κ1) is 22.6. The molecule has 176 valence electrons. The van der Waals surface area contributed by atoms with Gasteiger partial charge in [-0.1, -0.05) is 12.1 Å². The number of benzene rings is 2. The molecule has 0 bridgehead atoms. The highest BCUT2D eigenvalue weighted by Crippen LogP contribution is 2.50. The number of anilines is 1. The Bertz CT molecular complexity index is 1290. The topological polar surface area (TPSA) is 107 Å². The van der Waals surface area contributed by atoms with Gasteiger partial charge in [0.05, 0.1) is 12.0 Å². The van der Waals surface area contributed by atoms with E-state index >= 15 is 0 Å². The minimum absolute atomic E-state index is 0.0206. The number of methoxy groups -OCH3 is 1. The lowest BCUT2D eigenvalue weighted by Crippen LogP contribution is -2.39.